The van der Waals surface area contributed by atoms with Gasteiger partial charge in [-0.3, -0.25) is 9.20 Å². The summed E-state index contributed by atoms with van der Waals surface area (Å²) in [6, 6.07) is 10.2. The molecule has 2 aromatic carbocycles. The third-order valence-corrected chi connectivity index (χ3v) is 5.66. The number of benzene rings is 2. The summed E-state index contributed by atoms with van der Waals surface area (Å²) in [4.78, 5) is 22.2. The summed E-state index contributed by atoms with van der Waals surface area (Å²) in [5.74, 6) is -1.31. The van der Waals surface area contributed by atoms with Crippen LogP contribution in [-0.4, -0.2) is 46.6 Å². The van der Waals surface area contributed by atoms with Crippen molar-refractivity contribution in [3.63, 3.8) is 0 Å². The molecule has 2 N–H and O–H groups in total. The highest BCUT2D eigenvalue weighted by molar-refractivity contribution is 5.99. The summed E-state index contributed by atoms with van der Waals surface area (Å²) in [6.07, 6.45) is 6.08. The molecule has 178 valence electrons. The summed E-state index contributed by atoms with van der Waals surface area (Å²) >= 11 is 0. The number of anilines is 4. The van der Waals surface area contributed by atoms with Crippen LogP contribution >= 0.6 is 0 Å². The van der Waals surface area contributed by atoms with Crippen LogP contribution in [0.15, 0.2) is 67.6 Å². The van der Waals surface area contributed by atoms with E-state index >= 15 is 0 Å². The molecule has 1 aliphatic rings. The van der Waals surface area contributed by atoms with Gasteiger partial charge in [0, 0.05) is 24.3 Å². The lowest BCUT2D eigenvalue weighted by molar-refractivity contribution is -0.111. The van der Waals surface area contributed by atoms with Crippen molar-refractivity contribution in [2.75, 3.05) is 41.8 Å². The average Bonchev–Trinajstić information content (AvgIpc) is 3.31. The minimum atomic E-state index is -0.979. The topological polar surface area (TPSA) is 83.8 Å². The van der Waals surface area contributed by atoms with Gasteiger partial charge in [0.25, 0.3) is 0 Å². The van der Waals surface area contributed by atoms with E-state index in [1.54, 1.807) is 52.2 Å². The van der Waals surface area contributed by atoms with Crippen LogP contribution in [0.4, 0.5) is 31.7 Å². The van der Waals surface area contributed by atoms with Crippen molar-refractivity contribution in [3.8, 4) is 11.4 Å². The number of aromatic nitrogens is 3. The number of nitrogens with zero attached hydrogens (tertiary/aromatic N) is 4. The molecule has 0 bridgehead atoms. The van der Waals surface area contributed by atoms with E-state index in [1.807, 2.05) is 6.07 Å². The molecular formula is C25H22F2N6O2. The van der Waals surface area contributed by atoms with Crippen LogP contribution in [0.1, 0.15) is 0 Å². The number of morpholine rings is 1. The largest absolute Gasteiger partial charge is 0.378 e. The number of fused-ring (bicyclic) bond motifs is 1. The maximum absolute atomic E-state index is 14.9. The van der Waals surface area contributed by atoms with Crippen molar-refractivity contribution in [1.82, 2.24) is 14.4 Å². The molecule has 4 aromatic rings. The predicted molar refractivity (Wildman–Crippen MR) is 130 cm³/mol. The highest BCUT2D eigenvalue weighted by Gasteiger charge is 2.20. The van der Waals surface area contributed by atoms with Crippen molar-refractivity contribution in [1.29, 1.82) is 0 Å². The zero-order valence-corrected chi connectivity index (χ0v) is 18.7. The molecule has 10 heteroatoms. The lowest BCUT2D eigenvalue weighted by atomic mass is 10.2. The quantitative estimate of drug-likeness (QED) is 0.402. The van der Waals surface area contributed by atoms with Crippen LogP contribution in [-0.2, 0) is 9.53 Å². The molecule has 0 aliphatic carbocycles. The fourth-order valence-electron chi connectivity index (χ4n) is 3.93. The van der Waals surface area contributed by atoms with Gasteiger partial charge >= 0.3 is 0 Å². The summed E-state index contributed by atoms with van der Waals surface area (Å²) in [5, 5.41) is 5.58. The normalized spacial score (nSPS) is 13.6. The van der Waals surface area contributed by atoms with Gasteiger partial charge in [-0.2, -0.15) is 0 Å². The molecule has 0 saturated carbocycles. The van der Waals surface area contributed by atoms with Crippen LogP contribution in [0.25, 0.3) is 16.9 Å². The van der Waals surface area contributed by atoms with Gasteiger partial charge in [0.2, 0.25) is 5.91 Å². The summed E-state index contributed by atoms with van der Waals surface area (Å²) < 4.78 is 36.8. The molecule has 5 rings (SSSR count). The molecule has 0 unspecified atom stereocenters. The van der Waals surface area contributed by atoms with Gasteiger partial charge in [-0.1, -0.05) is 18.7 Å². The van der Waals surface area contributed by atoms with E-state index < -0.39 is 11.6 Å². The fraction of sp³-hybridized carbons (Fsp3) is 0.160. The van der Waals surface area contributed by atoms with E-state index in [4.69, 9.17) is 4.74 Å². The molecule has 1 fully saturated rings. The Labute approximate surface area is 199 Å². The molecular weight excluding hydrogens is 454 g/mol. The summed E-state index contributed by atoms with van der Waals surface area (Å²) in [7, 11) is 0. The Balaban J connectivity index is 1.44. The third-order valence-electron chi connectivity index (χ3n) is 5.66. The summed E-state index contributed by atoms with van der Waals surface area (Å²) in [6.45, 7) is 5.41. The number of amides is 1. The number of ether oxygens (including phenoxy) is 1. The molecule has 0 radical (unpaired) electrons. The van der Waals surface area contributed by atoms with Crippen molar-refractivity contribution in [3.05, 3.63) is 79.3 Å². The van der Waals surface area contributed by atoms with Crippen LogP contribution < -0.4 is 15.5 Å². The second-order valence-corrected chi connectivity index (χ2v) is 7.91. The van der Waals surface area contributed by atoms with Gasteiger partial charge in [0.15, 0.2) is 11.6 Å². The van der Waals surface area contributed by atoms with E-state index in [0.717, 1.165) is 5.56 Å². The number of nitrogens with one attached hydrogen (secondary N) is 2. The van der Waals surface area contributed by atoms with Crippen LogP contribution in [0.5, 0.6) is 0 Å². The number of hydrogen-bond acceptors (Lipinski definition) is 6. The van der Waals surface area contributed by atoms with Crippen LogP contribution in [0, 0.1) is 11.6 Å². The second-order valence-electron chi connectivity index (χ2n) is 7.91. The Morgan fingerprint density at radius 2 is 1.89 bits per heavy atom. The number of rotatable bonds is 6. The average molecular weight is 476 g/mol. The van der Waals surface area contributed by atoms with Crippen LogP contribution in [0.2, 0.25) is 0 Å². The van der Waals surface area contributed by atoms with Crippen molar-refractivity contribution in [2.24, 2.45) is 0 Å². The van der Waals surface area contributed by atoms with Crippen LogP contribution in [0.3, 0.4) is 0 Å². The summed E-state index contributed by atoms with van der Waals surface area (Å²) in [5.41, 5.74) is 2.23. The van der Waals surface area contributed by atoms with E-state index in [1.165, 1.54) is 12.1 Å². The fourth-order valence-corrected chi connectivity index (χ4v) is 3.93. The second kappa shape index (κ2) is 9.51. The Bertz CT molecular complexity index is 1410. The van der Waals surface area contributed by atoms with E-state index in [-0.39, 0.29) is 17.3 Å². The number of hydrogen-bond donors (Lipinski definition) is 2. The predicted octanol–water partition coefficient (Wildman–Crippen LogP) is 4.38. The number of carbonyl (C=O) groups is 1. The first-order valence-corrected chi connectivity index (χ1v) is 11.0. The number of carbonyl (C=O) groups excluding carboxylic acids is 1. The van der Waals surface area contributed by atoms with E-state index in [2.05, 4.69) is 27.2 Å². The molecule has 1 saturated heterocycles. The van der Waals surface area contributed by atoms with Gasteiger partial charge in [0.05, 0.1) is 48.7 Å². The highest BCUT2D eigenvalue weighted by Crippen LogP contribution is 2.30. The minimum absolute atomic E-state index is 0.0258. The minimum Gasteiger partial charge on any atom is -0.378 e. The molecule has 1 amide bonds. The number of imidazole rings is 1. The molecule has 2 aromatic heterocycles. The SMILES string of the molecule is C=CC(=O)Nc1cccc(-c2ncc3cnc(Nc4ccc(N5CCOCC5)c(F)c4F)cn23)c1. The van der Waals surface area contributed by atoms with Gasteiger partial charge in [-0.25, -0.2) is 18.7 Å². The first-order valence-electron chi connectivity index (χ1n) is 11.0. The molecule has 0 atom stereocenters. The van der Waals surface area contributed by atoms with Gasteiger partial charge in [-0.05, 0) is 30.3 Å². The first-order chi connectivity index (χ1) is 17.0. The van der Waals surface area contributed by atoms with Crippen molar-refractivity contribution in [2.45, 2.75) is 0 Å². The Kier molecular flexibility index (Phi) is 6.11. The monoisotopic (exact) mass is 476 g/mol. The Morgan fingerprint density at radius 3 is 2.69 bits per heavy atom. The zero-order valence-electron chi connectivity index (χ0n) is 18.7. The zero-order chi connectivity index (χ0) is 24.4. The Hall–Kier alpha value is -4.31. The lowest BCUT2D eigenvalue weighted by Crippen LogP contribution is -2.36. The Morgan fingerprint density at radius 1 is 1.09 bits per heavy atom. The van der Waals surface area contributed by atoms with E-state index in [9.17, 15) is 13.6 Å². The number of halogens is 2. The highest BCUT2D eigenvalue weighted by atomic mass is 19.2. The van der Waals surface area contributed by atoms with E-state index in [0.29, 0.717) is 49.1 Å². The van der Waals surface area contributed by atoms with Gasteiger partial charge in [-0.15, -0.1) is 0 Å². The molecule has 8 nitrogen and oxygen atoms in total. The maximum Gasteiger partial charge on any atom is 0.247 e. The lowest BCUT2D eigenvalue weighted by Gasteiger charge is -2.29. The van der Waals surface area contributed by atoms with Crippen molar-refractivity contribution < 1.29 is 18.3 Å². The molecule has 1 aliphatic heterocycles. The molecule has 3 heterocycles. The van der Waals surface area contributed by atoms with Gasteiger partial charge < -0.3 is 20.3 Å². The first kappa shape index (κ1) is 22.5. The maximum atomic E-state index is 14.9. The third kappa shape index (κ3) is 4.56. The molecule has 0 spiro atoms. The standard InChI is InChI=1S/C25H22F2N6O2/c1-2-22(34)30-17-5-3-4-16(12-17)25-29-14-18-13-28-21(15-33(18)25)31-19-6-7-20(24(27)23(19)26)32-8-10-35-11-9-32/h2-7,12-15,31H,1,8-11H2,(H,30,34). The molecule has 35 heavy (non-hydrogen) atoms. The smallest absolute Gasteiger partial charge is 0.247 e. The van der Waals surface area contributed by atoms with Crippen molar-refractivity contribution >= 4 is 34.3 Å². The van der Waals surface area contributed by atoms with Gasteiger partial charge in [0.1, 0.15) is 11.6 Å².